The number of rotatable bonds is 6. The van der Waals surface area contributed by atoms with Gasteiger partial charge in [-0.15, -0.1) is 0 Å². The Kier molecular flexibility index (Phi) is 5.90. The van der Waals surface area contributed by atoms with Crippen molar-refractivity contribution in [3.05, 3.63) is 75.7 Å². The molecule has 3 aromatic heterocycles. The molecule has 5 rings (SSSR count). The molecule has 0 amide bonds. The molecule has 0 unspecified atom stereocenters. The van der Waals surface area contributed by atoms with Crippen molar-refractivity contribution in [2.45, 2.75) is 32.0 Å². The number of esters is 1. The lowest BCUT2D eigenvalue weighted by atomic mass is 9.95. The molecule has 1 saturated heterocycles. The van der Waals surface area contributed by atoms with Crippen LogP contribution in [0.1, 0.15) is 40.6 Å². The number of aryl methyl sites for hydroxylation is 1. The number of benzene rings is 1. The van der Waals surface area contributed by atoms with Crippen molar-refractivity contribution in [3.63, 3.8) is 0 Å². The second-order valence-corrected chi connectivity index (χ2v) is 9.54. The molecule has 1 aromatic carbocycles. The van der Waals surface area contributed by atoms with Crippen molar-refractivity contribution in [1.29, 1.82) is 0 Å². The van der Waals surface area contributed by atoms with E-state index in [0.29, 0.717) is 18.3 Å². The third-order valence-corrected chi connectivity index (χ3v) is 7.39. The lowest BCUT2D eigenvalue weighted by molar-refractivity contribution is 0.0590. The summed E-state index contributed by atoms with van der Waals surface area (Å²) < 4.78 is 11.6. The number of imidazole rings is 1. The molecular formula is C24H27N5O3S. The fourth-order valence-corrected chi connectivity index (χ4v) is 5.62. The number of carbonyl (C=O) groups is 1. The largest absolute Gasteiger partial charge is 0.464 e. The summed E-state index contributed by atoms with van der Waals surface area (Å²) in [6.45, 7) is 3.21. The van der Waals surface area contributed by atoms with Gasteiger partial charge < -0.3 is 13.9 Å². The SMILES string of the molecule is COC(=O)c1cc(CN2CCC(c3nccn3Cn3c(=O)sc4ccccc43)CC2)cn1C. The predicted molar refractivity (Wildman–Crippen MR) is 128 cm³/mol. The second-order valence-electron chi connectivity index (χ2n) is 8.55. The predicted octanol–water partition coefficient (Wildman–Crippen LogP) is 3.27. The van der Waals surface area contributed by atoms with Crippen LogP contribution in [-0.2, 0) is 25.0 Å². The molecule has 1 aliphatic rings. The Bertz CT molecular complexity index is 1340. The maximum absolute atomic E-state index is 12.6. The van der Waals surface area contributed by atoms with Gasteiger partial charge in [-0.1, -0.05) is 23.5 Å². The molecule has 0 aliphatic carbocycles. The summed E-state index contributed by atoms with van der Waals surface area (Å²) in [6, 6.07) is 9.83. The number of carbonyl (C=O) groups excluding carboxylic acids is 1. The standard InChI is InChI=1S/C24H27N5O3S/c1-26-14-17(13-20(26)23(30)32-2)15-27-10-7-18(8-11-27)22-25-9-12-28(22)16-29-19-5-3-4-6-21(19)33-24(29)31/h3-6,9,12-14,18H,7-8,10-11,15-16H2,1-2H3. The van der Waals surface area contributed by atoms with E-state index in [-0.39, 0.29) is 10.8 Å². The number of piperidine rings is 1. The molecule has 0 atom stereocenters. The number of fused-ring (bicyclic) bond motifs is 1. The number of hydrogen-bond donors (Lipinski definition) is 0. The van der Waals surface area contributed by atoms with Gasteiger partial charge in [-0.25, -0.2) is 9.78 Å². The van der Waals surface area contributed by atoms with E-state index >= 15 is 0 Å². The smallest absolute Gasteiger partial charge is 0.354 e. The van der Waals surface area contributed by atoms with Gasteiger partial charge in [0, 0.05) is 38.1 Å². The monoisotopic (exact) mass is 465 g/mol. The Hall–Kier alpha value is -3.17. The van der Waals surface area contributed by atoms with Crippen LogP contribution in [0.2, 0.25) is 0 Å². The number of aromatic nitrogens is 4. The quantitative estimate of drug-likeness (QED) is 0.409. The number of ether oxygens (including phenoxy) is 1. The van der Waals surface area contributed by atoms with E-state index in [9.17, 15) is 9.59 Å². The van der Waals surface area contributed by atoms with Gasteiger partial charge in [0.15, 0.2) is 0 Å². The van der Waals surface area contributed by atoms with Crippen molar-refractivity contribution < 1.29 is 9.53 Å². The number of thiazole rings is 1. The van der Waals surface area contributed by atoms with E-state index < -0.39 is 0 Å². The molecule has 0 radical (unpaired) electrons. The van der Waals surface area contributed by atoms with Crippen molar-refractivity contribution in [3.8, 4) is 0 Å². The first-order valence-electron chi connectivity index (χ1n) is 11.1. The molecular weight excluding hydrogens is 438 g/mol. The van der Waals surface area contributed by atoms with Gasteiger partial charge in [0.05, 0.1) is 17.3 Å². The number of likely N-dealkylation sites (tertiary alicyclic amines) is 1. The minimum atomic E-state index is -0.313. The van der Waals surface area contributed by atoms with E-state index in [4.69, 9.17) is 4.74 Å². The lowest BCUT2D eigenvalue weighted by Crippen LogP contribution is -2.33. The van der Waals surface area contributed by atoms with E-state index in [1.807, 2.05) is 65.1 Å². The number of hydrogen-bond acceptors (Lipinski definition) is 6. The molecule has 0 saturated carbocycles. The fraction of sp³-hybridized carbons (Fsp3) is 0.375. The molecule has 9 heteroatoms. The van der Waals surface area contributed by atoms with Crippen LogP contribution < -0.4 is 4.87 Å². The average molecular weight is 466 g/mol. The zero-order valence-corrected chi connectivity index (χ0v) is 19.6. The zero-order valence-electron chi connectivity index (χ0n) is 18.8. The highest BCUT2D eigenvalue weighted by Crippen LogP contribution is 2.28. The number of nitrogens with zero attached hydrogens (tertiary/aromatic N) is 5. The molecule has 4 aromatic rings. The Balaban J connectivity index is 1.25. The summed E-state index contributed by atoms with van der Waals surface area (Å²) in [5, 5.41) is 0. The van der Waals surface area contributed by atoms with Crippen LogP contribution in [0, 0.1) is 0 Å². The van der Waals surface area contributed by atoms with Crippen molar-refractivity contribution in [1.82, 2.24) is 23.6 Å². The van der Waals surface area contributed by atoms with Crippen LogP contribution in [0.25, 0.3) is 10.2 Å². The highest BCUT2D eigenvalue weighted by atomic mass is 32.1. The normalized spacial score (nSPS) is 15.3. The summed E-state index contributed by atoms with van der Waals surface area (Å²) in [4.78, 5) is 31.6. The van der Waals surface area contributed by atoms with E-state index in [2.05, 4.69) is 14.5 Å². The van der Waals surface area contributed by atoms with Gasteiger partial charge in [0.1, 0.15) is 18.2 Å². The van der Waals surface area contributed by atoms with Gasteiger partial charge in [0.25, 0.3) is 0 Å². The van der Waals surface area contributed by atoms with Crippen LogP contribution in [0.3, 0.4) is 0 Å². The maximum Gasteiger partial charge on any atom is 0.354 e. The van der Waals surface area contributed by atoms with Gasteiger partial charge in [0.2, 0.25) is 0 Å². The van der Waals surface area contributed by atoms with Gasteiger partial charge in [-0.2, -0.15) is 0 Å². The highest BCUT2D eigenvalue weighted by molar-refractivity contribution is 7.16. The van der Waals surface area contributed by atoms with Crippen LogP contribution in [0.4, 0.5) is 0 Å². The Morgan fingerprint density at radius 1 is 1.24 bits per heavy atom. The number of methoxy groups -OCH3 is 1. The molecule has 1 fully saturated rings. The van der Waals surface area contributed by atoms with Gasteiger partial charge in [-0.05, 0) is 49.7 Å². The maximum atomic E-state index is 12.6. The summed E-state index contributed by atoms with van der Waals surface area (Å²) in [5.74, 6) is 1.09. The van der Waals surface area contributed by atoms with Crippen LogP contribution in [0.5, 0.6) is 0 Å². The number of para-hydroxylation sites is 1. The topological polar surface area (TPSA) is 74.3 Å². The zero-order chi connectivity index (χ0) is 22.9. The van der Waals surface area contributed by atoms with Gasteiger partial charge in [-0.3, -0.25) is 14.3 Å². The lowest BCUT2D eigenvalue weighted by Gasteiger charge is -2.31. The third-order valence-electron chi connectivity index (χ3n) is 6.43. The molecule has 172 valence electrons. The first-order valence-corrected chi connectivity index (χ1v) is 11.9. The summed E-state index contributed by atoms with van der Waals surface area (Å²) >= 11 is 1.29. The summed E-state index contributed by atoms with van der Waals surface area (Å²) in [6.07, 6.45) is 7.81. The van der Waals surface area contributed by atoms with Crippen molar-refractivity contribution in [2.75, 3.05) is 20.2 Å². The van der Waals surface area contributed by atoms with E-state index in [1.54, 1.807) is 0 Å². The molecule has 0 bridgehead atoms. The Labute approximate surface area is 195 Å². The van der Waals surface area contributed by atoms with Crippen LogP contribution in [-0.4, -0.2) is 49.8 Å². The molecule has 33 heavy (non-hydrogen) atoms. The Morgan fingerprint density at radius 2 is 2.03 bits per heavy atom. The second kappa shape index (κ2) is 8.99. The summed E-state index contributed by atoms with van der Waals surface area (Å²) in [7, 11) is 3.27. The first kappa shape index (κ1) is 21.7. The van der Waals surface area contributed by atoms with Gasteiger partial charge >= 0.3 is 10.8 Å². The highest BCUT2D eigenvalue weighted by Gasteiger charge is 2.25. The molecule has 4 heterocycles. The Morgan fingerprint density at radius 3 is 2.82 bits per heavy atom. The van der Waals surface area contributed by atoms with Crippen LogP contribution >= 0.6 is 11.3 Å². The third kappa shape index (κ3) is 4.26. The fourth-order valence-electron chi connectivity index (χ4n) is 4.73. The van der Waals surface area contributed by atoms with E-state index in [1.165, 1.54) is 18.4 Å². The molecule has 8 nitrogen and oxygen atoms in total. The molecule has 1 aliphatic heterocycles. The minimum Gasteiger partial charge on any atom is -0.464 e. The van der Waals surface area contributed by atoms with Crippen LogP contribution in [0.15, 0.2) is 53.7 Å². The average Bonchev–Trinajstić information content (AvgIpc) is 3.52. The summed E-state index contributed by atoms with van der Waals surface area (Å²) in [5.41, 5.74) is 2.65. The first-order chi connectivity index (χ1) is 16.0. The van der Waals surface area contributed by atoms with E-state index in [0.717, 1.165) is 54.1 Å². The molecule has 0 spiro atoms. The minimum absolute atomic E-state index is 0.0554. The van der Waals surface area contributed by atoms with Crippen molar-refractivity contribution in [2.24, 2.45) is 7.05 Å². The molecule has 0 N–H and O–H groups in total. The van der Waals surface area contributed by atoms with Crippen molar-refractivity contribution >= 4 is 27.5 Å².